The van der Waals surface area contributed by atoms with Crippen molar-refractivity contribution in [2.24, 2.45) is 0 Å². The molecule has 240 valence electrons. The fraction of sp³-hybridized carbons (Fsp3) is 0.158. The summed E-state index contributed by atoms with van der Waals surface area (Å²) < 4.78 is 35.3. The van der Waals surface area contributed by atoms with E-state index in [0.29, 0.717) is 11.5 Å². The highest BCUT2D eigenvalue weighted by molar-refractivity contribution is 7.92. The molecule has 0 aliphatic carbocycles. The highest BCUT2D eigenvalue weighted by atomic mass is 32.2. The normalized spacial score (nSPS) is 11.7. The summed E-state index contributed by atoms with van der Waals surface area (Å²) in [6.07, 6.45) is 0.245. The molecular formula is C38H37N3O5S. The lowest BCUT2D eigenvalue weighted by Crippen LogP contribution is -2.53. The smallest absolute Gasteiger partial charge is 0.264 e. The molecule has 5 aromatic carbocycles. The summed E-state index contributed by atoms with van der Waals surface area (Å²) in [6, 6.07) is 40.0. The maximum atomic E-state index is 14.5. The van der Waals surface area contributed by atoms with Gasteiger partial charge in [-0.2, -0.15) is 0 Å². The van der Waals surface area contributed by atoms with Crippen LogP contribution in [0.3, 0.4) is 0 Å². The van der Waals surface area contributed by atoms with Gasteiger partial charge in [0.15, 0.2) is 0 Å². The number of benzene rings is 5. The molecule has 9 heteroatoms. The molecule has 0 aliphatic rings. The number of sulfonamides is 1. The molecule has 0 saturated heterocycles. The molecule has 0 radical (unpaired) electrons. The molecule has 0 fully saturated rings. The maximum absolute atomic E-state index is 14.5. The van der Waals surface area contributed by atoms with Crippen LogP contribution in [-0.4, -0.2) is 44.8 Å². The Morgan fingerprint density at radius 1 is 0.702 bits per heavy atom. The van der Waals surface area contributed by atoms with Crippen LogP contribution in [0.25, 0.3) is 0 Å². The first-order chi connectivity index (χ1) is 22.7. The number of nitrogens with one attached hydrogen (secondary N) is 1. The standard InChI is InChI=1S/C38H37N3O5S/c1-29-18-20-31(21-19-29)27-40(36(38(43)39-2)26-30-12-6-3-7-13-30)37(42)28-41(47(44,45)35-16-10-5-11-17-35)32-22-24-34(25-23-32)46-33-14-8-4-9-15-33/h3-25,36H,26-28H2,1-2H3,(H,39,43). The molecule has 47 heavy (non-hydrogen) atoms. The zero-order valence-electron chi connectivity index (χ0n) is 26.3. The fourth-order valence-electron chi connectivity index (χ4n) is 5.16. The predicted molar refractivity (Wildman–Crippen MR) is 184 cm³/mol. The van der Waals surface area contributed by atoms with Gasteiger partial charge in [-0.1, -0.05) is 96.6 Å². The summed E-state index contributed by atoms with van der Waals surface area (Å²) >= 11 is 0. The third-order valence-corrected chi connectivity index (χ3v) is 9.49. The van der Waals surface area contributed by atoms with Crippen LogP contribution in [0.5, 0.6) is 11.5 Å². The van der Waals surface area contributed by atoms with Crippen molar-refractivity contribution in [1.29, 1.82) is 0 Å². The lowest BCUT2D eigenvalue weighted by Gasteiger charge is -2.33. The van der Waals surface area contributed by atoms with E-state index in [1.807, 2.05) is 91.9 Å². The second kappa shape index (κ2) is 15.2. The Hall–Kier alpha value is -5.41. The van der Waals surface area contributed by atoms with E-state index in [4.69, 9.17) is 4.74 Å². The van der Waals surface area contributed by atoms with Gasteiger partial charge in [-0.05, 0) is 66.6 Å². The van der Waals surface area contributed by atoms with Gasteiger partial charge in [0.05, 0.1) is 10.6 Å². The Morgan fingerprint density at radius 3 is 1.85 bits per heavy atom. The van der Waals surface area contributed by atoms with Gasteiger partial charge in [0.1, 0.15) is 24.1 Å². The van der Waals surface area contributed by atoms with Crippen molar-refractivity contribution in [3.05, 3.63) is 156 Å². The van der Waals surface area contributed by atoms with E-state index in [9.17, 15) is 18.0 Å². The molecule has 1 unspecified atom stereocenters. The number of anilines is 1. The first-order valence-corrected chi connectivity index (χ1v) is 16.7. The minimum atomic E-state index is -4.20. The van der Waals surface area contributed by atoms with Crippen molar-refractivity contribution in [2.45, 2.75) is 30.8 Å². The highest BCUT2D eigenvalue weighted by Crippen LogP contribution is 2.29. The van der Waals surface area contributed by atoms with Gasteiger partial charge in [0, 0.05) is 20.0 Å². The third-order valence-electron chi connectivity index (χ3n) is 7.70. The largest absolute Gasteiger partial charge is 0.457 e. The molecule has 5 rings (SSSR count). The van der Waals surface area contributed by atoms with Crippen molar-refractivity contribution in [3.63, 3.8) is 0 Å². The van der Waals surface area contributed by atoms with Crippen LogP contribution >= 0.6 is 0 Å². The second-order valence-electron chi connectivity index (χ2n) is 11.1. The summed E-state index contributed by atoms with van der Waals surface area (Å²) in [5, 5.41) is 2.70. The van der Waals surface area contributed by atoms with Crippen molar-refractivity contribution in [2.75, 3.05) is 17.9 Å². The predicted octanol–water partition coefficient (Wildman–Crippen LogP) is 6.37. The number of ether oxygens (including phenoxy) is 1. The number of carbonyl (C=O) groups is 2. The Labute approximate surface area is 276 Å². The van der Waals surface area contributed by atoms with Gasteiger partial charge in [0.25, 0.3) is 10.0 Å². The quantitative estimate of drug-likeness (QED) is 0.160. The van der Waals surface area contributed by atoms with Crippen LogP contribution < -0.4 is 14.4 Å². The maximum Gasteiger partial charge on any atom is 0.264 e. The molecule has 0 aromatic heterocycles. The Bertz CT molecular complexity index is 1870. The minimum absolute atomic E-state index is 0.0367. The molecule has 0 aliphatic heterocycles. The van der Waals surface area contributed by atoms with Crippen molar-refractivity contribution in [1.82, 2.24) is 10.2 Å². The zero-order chi connectivity index (χ0) is 33.2. The molecule has 0 heterocycles. The lowest BCUT2D eigenvalue weighted by atomic mass is 10.0. The van der Waals surface area contributed by atoms with E-state index in [1.54, 1.807) is 42.5 Å². The van der Waals surface area contributed by atoms with E-state index < -0.39 is 28.5 Å². The summed E-state index contributed by atoms with van der Waals surface area (Å²) in [5.74, 6) is 0.259. The molecule has 0 bridgehead atoms. The van der Waals surface area contributed by atoms with E-state index in [-0.39, 0.29) is 29.5 Å². The Balaban J connectivity index is 1.53. The molecule has 1 atom stereocenters. The molecule has 5 aromatic rings. The van der Waals surface area contributed by atoms with Gasteiger partial charge in [-0.3, -0.25) is 13.9 Å². The second-order valence-corrected chi connectivity index (χ2v) is 12.9. The SMILES string of the molecule is CNC(=O)C(Cc1ccccc1)N(Cc1ccc(C)cc1)C(=O)CN(c1ccc(Oc2ccccc2)cc1)S(=O)(=O)c1ccccc1. The van der Waals surface area contributed by atoms with Crippen LogP contribution in [0.4, 0.5) is 5.69 Å². The number of rotatable bonds is 13. The van der Waals surface area contributed by atoms with E-state index >= 15 is 0 Å². The monoisotopic (exact) mass is 647 g/mol. The number of hydrogen-bond donors (Lipinski definition) is 1. The molecule has 0 spiro atoms. The van der Waals surface area contributed by atoms with Crippen LogP contribution in [0.1, 0.15) is 16.7 Å². The third kappa shape index (κ3) is 8.45. The Morgan fingerprint density at radius 2 is 1.26 bits per heavy atom. The minimum Gasteiger partial charge on any atom is -0.457 e. The number of carbonyl (C=O) groups excluding carboxylic acids is 2. The topological polar surface area (TPSA) is 96.0 Å². The first kappa shape index (κ1) is 33.0. The number of likely N-dealkylation sites (N-methyl/N-ethyl adjacent to an activating group) is 1. The summed E-state index contributed by atoms with van der Waals surface area (Å²) in [5.41, 5.74) is 3.01. The van der Waals surface area contributed by atoms with Crippen LogP contribution in [0.15, 0.2) is 144 Å². The van der Waals surface area contributed by atoms with Gasteiger partial charge < -0.3 is 15.0 Å². The lowest BCUT2D eigenvalue weighted by molar-refractivity contribution is -0.139. The zero-order valence-corrected chi connectivity index (χ0v) is 27.1. The average molecular weight is 648 g/mol. The molecule has 0 saturated carbocycles. The number of nitrogens with zero attached hydrogens (tertiary/aromatic N) is 2. The van der Waals surface area contributed by atoms with Gasteiger partial charge >= 0.3 is 0 Å². The molecular weight excluding hydrogens is 611 g/mol. The summed E-state index contributed by atoms with van der Waals surface area (Å²) in [7, 11) is -2.67. The number of hydrogen-bond acceptors (Lipinski definition) is 5. The van der Waals surface area contributed by atoms with Crippen LogP contribution in [-0.2, 0) is 32.6 Å². The van der Waals surface area contributed by atoms with Gasteiger partial charge in [0.2, 0.25) is 11.8 Å². The van der Waals surface area contributed by atoms with Crippen LogP contribution in [0.2, 0.25) is 0 Å². The summed E-state index contributed by atoms with van der Waals surface area (Å²) in [6.45, 7) is 1.54. The van der Waals surface area contributed by atoms with E-state index in [2.05, 4.69) is 5.32 Å². The first-order valence-electron chi connectivity index (χ1n) is 15.3. The van der Waals surface area contributed by atoms with Gasteiger partial charge in [-0.25, -0.2) is 8.42 Å². The van der Waals surface area contributed by atoms with Gasteiger partial charge in [-0.15, -0.1) is 0 Å². The summed E-state index contributed by atoms with van der Waals surface area (Å²) in [4.78, 5) is 29.4. The molecule has 8 nitrogen and oxygen atoms in total. The van der Waals surface area contributed by atoms with Crippen molar-refractivity contribution >= 4 is 27.5 Å². The van der Waals surface area contributed by atoms with E-state index in [1.165, 1.54) is 24.1 Å². The van der Waals surface area contributed by atoms with Crippen molar-refractivity contribution < 1.29 is 22.7 Å². The number of amides is 2. The number of aryl methyl sites for hydroxylation is 1. The Kier molecular flexibility index (Phi) is 10.7. The molecule has 2 amide bonds. The number of para-hydroxylation sites is 1. The fourth-order valence-corrected chi connectivity index (χ4v) is 6.60. The average Bonchev–Trinajstić information content (AvgIpc) is 3.10. The van der Waals surface area contributed by atoms with Crippen LogP contribution in [0, 0.1) is 6.92 Å². The van der Waals surface area contributed by atoms with E-state index in [0.717, 1.165) is 21.0 Å². The van der Waals surface area contributed by atoms with Crippen molar-refractivity contribution in [3.8, 4) is 11.5 Å². The highest BCUT2D eigenvalue weighted by Gasteiger charge is 2.34. The molecule has 1 N–H and O–H groups in total.